The maximum Gasteiger partial charge on any atom is 0.330 e. The van der Waals surface area contributed by atoms with E-state index in [4.69, 9.17) is 28.4 Å². The smallest absolute Gasteiger partial charge is 0.330 e. The van der Waals surface area contributed by atoms with E-state index >= 15 is 0 Å². The fourth-order valence-corrected chi connectivity index (χ4v) is 5.44. The van der Waals surface area contributed by atoms with Crippen LogP contribution in [-0.2, 0) is 35.1 Å². The highest BCUT2D eigenvalue weighted by molar-refractivity contribution is 5.82. The monoisotopic (exact) mass is 584 g/mol. The zero-order chi connectivity index (χ0) is 31.1. The Bertz CT molecular complexity index is 1050. The molecule has 42 heavy (non-hydrogen) atoms. The van der Waals surface area contributed by atoms with Crippen LogP contribution in [0.5, 0.6) is 5.75 Å². The van der Waals surface area contributed by atoms with Gasteiger partial charge in [-0.3, -0.25) is 0 Å². The van der Waals surface area contributed by atoms with Crippen LogP contribution in [0.2, 0.25) is 0 Å². The minimum absolute atomic E-state index is 0.0534. The molecule has 0 N–H and O–H groups in total. The van der Waals surface area contributed by atoms with Crippen LogP contribution < -0.4 is 4.74 Å². The molecule has 7 nitrogen and oxygen atoms in total. The first-order chi connectivity index (χ1) is 20.0. The van der Waals surface area contributed by atoms with E-state index < -0.39 is 5.79 Å². The molecule has 2 rings (SSSR count). The lowest BCUT2D eigenvalue weighted by molar-refractivity contribution is -0.324. The normalized spacial score (nSPS) is 23.4. The summed E-state index contributed by atoms with van der Waals surface area (Å²) in [5, 5.41) is 0. The molecule has 234 valence electrons. The van der Waals surface area contributed by atoms with Crippen LogP contribution in [0.15, 0.2) is 72.4 Å². The van der Waals surface area contributed by atoms with Gasteiger partial charge in [-0.15, -0.1) is 0 Å². The molecule has 0 spiro atoms. The van der Waals surface area contributed by atoms with Gasteiger partial charge in [-0.2, -0.15) is 0 Å². The van der Waals surface area contributed by atoms with Crippen molar-refractivity contribution in [2.45, 2.75) is 85.6 Å². The maximum atomic E-state index is 11.4. The molecule has 1 aromatic carbocycles. The van der Waals surface area contributed by atoms with Gasteiger partial charge in [-0.1, -0.05) is 69.4 Å². The number of hydrogen-bond donors (Lipinski definition) is 0. The zero-order valence-corrected chi connectivity index (χ0v) is 27.0. The first-order valence-electron chi connectivity index (χ1n) is 15.0. The number of carbonyl (C=O) groups is 1. The lowest BCUT2D eigenvalue weighted by atomic mass is 9.79. The van der Waals surface area contributed by atoms with Crippen molar-refractivity contribution < 1.29 is 33.2 Å². The van der Waals surface area contributed by atoms with Gasteiger partial charge < -0.3 is 28.4 Å². The summed E-state index contributed by atoms with van der Waals surface area (Å²) in [4.78, 5) is 11.4. The van der Waals surface area contributed by atoms with Crippen molar-refractivity contribution in [1.29, 1.82) is 0 Å². The standard InChI is InChI=1S/C35H52O7/c1-10-40-31(36)18-14-12-11-13-16-25(2)32(38-9)27(4)34-28(5)33(41-35(6,7)42-34)26(3)17-15-23-39-24-29-19-21-30(37-8)22-20-29/h11-14,16-22,25,27-28,32-34H,10,15,23-24H2,1-9H3/b12-11+,16-13+,18-14+,26-17+/t25-,27+,28+,32+,33-,34+/m0/s1. The van der Waals surface area contributed by atoms with Crippen LogP contribution in [0.3, 0.4) is 0 Å². The highest BCUT2D eigenvalue weighted by Gasteiger charge is 2.45. The minimum Gasteiger partial charge on any atom is -0.497 e. The molecule has 6 atom stereocenters. The van der Waals surface area contributed by atoms with Crippen LogP contribution in [0.4, 0.5) is 0 Å². The Morgan fingerprint density at radius 2 is 1.74 bits per heavy atom. The van der Waals surface area contributed by atoms with Gasteiger partial charge >= 0.3 is 5.97 Å². The number of methoxy groups -OCH3 is 2. The molecule has 1 aromatic rings. The average molecular weight is 585 g/mol. The van der Waals surface area contributed by atoms with E-state index in [2.05, 4.69) is 39.8 Å². The summed E-state index contributed by atoms with van der Waals surface area (Å²) >= 11 is 0. The quantitative estimate of drug-likeness (QED) is 0.0668. The first kappa shape index (κ1) is 35.5. The van der Waals surface area contributed by atoms with Gasteiger partial charge in [-0.05, 0) is 57.4 Å². The molecule has 0 amide bonds. The molecule has 1 aliphatic rings. The molecule has 0 aromatic heterocycles. The van der Waals surface area contributed by atoms with E-state index in [0.717, 1.165) is 17.7 Å². The van der Waals surface area contributed by atoms with E-state index in [-0.39, 0.29) is 42.0 Å². The molecule has 0 saturated carbocycles. The van der Waals surface area contributed by atoms with Gasteiger partial charge in [0.2, 0.25) is 0 Å². The molecule has 1 aliphatic heterocycles. The Kier molecular flexibility index (Phi) is 15.3. The van der Waals surface area contributed by atoms with Crippen LogP contribution in [-0.4, -0.2) is 57.5 Å². The van der Waals surface area contributed by atoms with Gasteiger partial charge in [0.25, 0.3) is 0 Å². The Morgan fingerprint density at radius 3 is 2.38 bits per heavy atom. The predicted octanol–water partition coefficient (Wildman–Crippen LogP) is 7.22. The Hall–Kier alpha value is -2.71. The summed E-state index contributed by atoms with van der Waals surface area (Å²) in [6.45, 7) is 16.0. The summed E-state index contributed by atoms with van der Waals surface area (Å²) in [5.74, 6) is 0.165. The Morgan fingerprint density at radius 1 is 1.05 bits per heavy atom. The highest BCUT2D eigenvalue weighted by atomic mass is 16.7. The molecule has 0 bridgehead atoms. The number of benzene rings is 1. The lowest BCUT2D eigenvalue weighted by Gasteiger charge is -2.49. The van der Waals surface area contributed by atoms with Crippen LogP contribution >= 0.6 is 0 Å². The van der Waals surface area contributed by atoms with Gasteiger partial charge in [0.1, 0.15) is 5.75 Å². The van der Waals surface area contributed by atoms with E-state index in [9.17, 15) is 4.79 Å². The van der Waals surface area contributed by atoms with Gasteiger partial charge in [0.05, 0.1) is 45.2 Å². The summed E-state index contributed by atoms with van der Waals surface area (Å²) < 4.78 is 35.0. The third-order valence-corrected chi connectivity index (χ3v) is 7.53. The number of rotatable bonds is 16. The summed E-state index contributed by atoms with van der Waals surface area (Å²) in [6, 6.07) is 7.94. The number of allylic oxidation sites excluding steroid dienone is 4. The van der Waals surface area contributed by atoms with Crippen LogP contribution in [0, 0.1) is 17.8 Å². The molecular weight excluding hydrogens is 532 g/mol. The predicted molar refractivity (Wildman–Crippen MR) is 167 cm³/mol. The highest BCUT2D eigenvalue weighted by Crippen LogP contribution is 2.39. The largest absolute Gasteiger partial charge is 0.497 e. The van der Waals surface area contributed by atoms with Crippen LogP contribution in [0.25, 0.3) is 0 Å². The lowest BCUT2D eigenvalue weighted by Crippen LogP contribution is -2.54. The maximum absolute atomic E-state index is 11.4. The van der Waals surface area contributed by atoms with E-state index in [1.165, 1.54) is 11.6 Å². The Balaban J connectivity index is 1.98. The third kappa shape index (κ3) is 11.5. The number of carbonyl (C=O) groups excluding carboxylic acids is 1. The SMILES string of the molecule is CCOC(=O)/C=C/C=C/C=C/[C@H](C)[C@@H](OC)[C@@H](C)[C@H]1OC(C)(C)O[C@@H](/C(C)=C/CCOCc2ccc(OC)cc2)[C@H]1C. The molecule has 1 heterocycles. The molecule has 0 radical (unpaired) electrons. The van der Waals surface area contributed by atoms with E-state index in [0.29, 0.717) is 19.8 Å². The van der Waals surface area contributed by atoms with Gasteiger partial charge in [0.15, 0.2) is 5.79 Å². The van der Waals surface area contributed by atoms with Crippen molar-refractivity contribution in [2.24, 2.45) is 17.8 Å². The van der Waals surface area contributed by atoms with Gasteiger partial charge in [0, 0.05) is 30.9 Å². The molecule has 1 saturated heterocycles. The third-order valence-electron chi connectivity index (χ3n) is 7.53. The van der Waals surface area contributed by atoms with Gasteiger partial charge in [-0.25, -0.2) is 4.79 Å². The van der Waals surface area contributed by atoms with Crippen molar-refractivity contribution in [3.05, 3.63) is 77.9 Å². The molecule has 0 unspecified atom stereocenters. The number of ether oxygens (including phenoxy) is 6. The molecule has 0 aliphatic carbocycles. The second-order valence-corrected chi connectivity index (χ2v) is 11.3. The summed E-state index contributed by atoms with van der Waals surface area (Å²) in [7, 11) is 3.42. The van der Waals surface area contributed by atoms with Crippen molar-refractivity contribution >= 4 is 5.97 Å². The second-order valence-electron chi connectivity index (χ2n) is 11.3. The number of esters is 1. The fraction of sp³-hybridized carbons (Fsp3) is 0.571. The summed E-state index contributed by atoms with van der Waals surface area (Å²) in [5.41, 5.74) is 2.31. The van der Waals surface area contributed by atoms with Crippen molar-refractivity contribution in [3.8, 4) is 5.75 Å². The zero-order valence-electron chi connectivity index (χ0n) is 27.0. The second kappa shape index (κ2) is 18.1. The summed E-state index contributed by atoms with van der Waals surface area (Å²) in [6.07, 6.45) is 13.7. The van der Waals surface area contributed by atoms with Crippen molar-refractivity contribution in [2.75, 3.05) is 27.4 Å². The van der Waals surface area contributed by atoms with E-state index in [1.807, 2.05) is 50.3 Å². The average Bonchev–Trinajstić information content (AvgIpc) is 2.96. The Labute approximate surface area is 253 Å². The fourth-order valence-electron chi connectivity index (χ4n) is 5.44. The van der Waals surface area contributed by atoms with Crippen molar-refractivity contribution in [3.63, 3.8) is 0 Å². The molecule has 7 heteroatoms. The minimum atomic E-state index is -0.721. The van der Waals surface area contributed by atoms with E-state index in [1.54, 1.807) is 33.3 Å². The first-order valence-corrected chi connectivity index (χ1v) is 15.0. The van der Waals surface area contributed by atoms with Crippen molar-refractivity contribution in [1.82, 2.24) is 0 Å². The van der Waals surface area contributed by atoms with Crippen LogP contribution in [0.1, 0.15) is 60.5 Å². The number of hydrogen-bond acceptors (Lipinski definition) is 7. The topological polar surface area (TPSA) is 72.5 Å². The molecular formula is C35H52O7. The molecule has 1 fully saturated rings.